The van der Waals surface area contributed by atoms with Crippen molar-refractivity contribution in [3.05, 3.63) is 58.1 Å². The van der Waals surface area contributed by atoms with Crippen LogP contribution in [0.25, 0.3) is 0 Å². The van der Waals surface area contributed by atoms with Crippen LogP contribution in [0.5, 0.6) is 11.5 Å². The topological polar surface area (TPSA) is 76.6 Å². The van der Waals surface area contributed by atoms with Gasteiger partial charge in [-0.1, -0.05) is 18.2 Å². The number of halogens is 1. The number of rotatable bonds is 6. The monoisotopic (exact) mass is 544 g/mol. The number of carbonyl (C=O) groups excluding carboxylic acids is 1. The van der Waals surface area contributed by atoms with E-state index in [1.165, 1.54) is 0 Å². The van der Waals surface area contributed by atoms with Gasteiger partial charge < -0.3 is 19.7 Å². The van der Waals surface area contributed by atoms with Gasteiger partial charge in [-0.25, -0.2) is 14.8 Å². The highest BCUT2D eigenvalue weighted by molar-refractivity contribution is 9.10. The number of nitrogens with one attached hydrogen (secondary N) is 1. The molecule has 1 amide bonds. The Kier molecular flexibility index (Phi) is 7.73. The van der Waals surface area contributed by atoms with Crippen molar-refractivity contribution in [2.45, 2.75) is 45.6 Å². The van der Waals surface area contributed by atoms with Gasteiger partial charge in [-0.15, -0.1) is 11.3 Å². The number of carbonyl (C=O) groups is 1. The minimum Gasteiger partial charge on any atom is -0.453 e. The van der Waals surface area contributed by atoms with E-state index in [9.17, 15) is 4.79 Å². The number of piperidine rings is 1. The molecule has 0 unspecified atom stereocenters. The molecule has 9 heteroatoms. The highest BCUT2D eigenvalue weighted by Gasteiger charge is 2.27. The first kappa shape index (κ1) is 24.5. The van der Waals surface area contributed by atoms with Gasteiger partial charge in [-0.2, -0.15) is 0 Å². The zero-order valence-electron chi connectivity index (χ0n) is 19.6. The Morgan fingerprint density at radius 3 is 2.68 bits per heavy atom. The zero-order chi connectivity index (χ0) is 24.1. The van der Waals surface area contributed by atoms with E-state index in [1.54, 1.807) is 17.5 Å². The largest absolute Gasteiger partial charge is 0.453 e. The first-order chi connectivity index (χ1) is 16.2. The summed E-state index contributed by atoms with van der Waals surface area (Å²) in [6.45, 7) is 7.12. The van der Waals surface area contributed by atoms with Gasteiger partial charge in [0.1, 0.15) is 11.4 Å². The predicted molar refractivity (Wildman–Crippen MR) is 138 cm³/mol. The third kappa shape index (κ3) is 6.93. The molecule has 1 fully saturated rings. The van der Waals surface area contributed by atoms with Crippen molar-refractivity contribution in [3.63, 3.8) is 0 Å². The second kappa shape index (κ2) is 10.7. The van der Waals surface area contributed by atoms with Crippen LogP contribution in [0.1, 0.15) is 39.3 Å². The maximum Gasteiger partial charge on any atom is 0.410 e. The van der Waals surface area contributed by atoms with Crippen LogP contribution < -0.4 is 10.1 Å². The Morgan fingerprint density at radius 2 is 1.97 bits per heavy atom. The van der Waals surface area contributed by atoms with Gasteiger partial charge in [-0.05, 0) is 74.0 Å². The molecule has 1 N–H and O–H groups in total. The number of hydrogen-bond acceptors (Lipinski definition) is 7. The maximum atomic E-state index is 12.3. The lowest BCUT2D eigenvalue weighted by Gasteiger charge is -2.33. The zero-order valence-corrected chi connectivity index (χ0v) is 22.0. The summed E-state index contributed by atoms with van der Waals surface area (Å²) in [5.41, 5.74) is 0.582. The fraction of sp³-hybridized carbons (Fsp3) is 0.400. The lowest BCUT2D eigenvalue weighted by molar-refractivity contribution is 0.0184. The lowest BCUT2D eigenvalue weighted by Crippen LogP contribution is -2.42. The van der Waals surface area contributed by atoms with E-state index < -0.39 is 5.60 Å². The molecule has 0 bridgehead atoms. The number of aromatic nitrogens is 2. The van der Waals surface area contributed by atoms with Gasteiger partial charge in [-0.3, -0.25) is 0 Å². The van der Waals surface area contributed by atoms with Crippen molar-refractivity contribution < 1.29 is 14.3 Å². The van der Waals surface area contributed by atoms with E-state index in [0.29, 0.717) is 17.5 Å². The van der Waals surface area contributed by atoms with Gasteiger partial charge in [0.25, 0.3) is 0 Å². The maximum absolute atomic E-state index is 12.3. The molecule has 3 heterocycles. The Labute approximate surface area is 212 Å². The summed E-state index contributed by atoms with van der Waals surface area (Å²) in [6, 6.07) is 11.5. The Balaban J connectivity index is 1.34. The third-order valence-electron chi connectivity index (χ3n) is 5.33. The van der Waals surface area contributed by atoms with E-state index in [1.807, 2.05) is 62.1 Å². The van der Waals surface area contributed by atoms with E-state index in [-0.39, 0.29) is 6.09 Å². The van der Waals surface area contributed by atoms with Crippen molar-refractivity contribution >= 4 is 44.3 Å². The average Bonchev–Trinajstić information content (AvgIpc) is 3.22. The van der Waals surface area contributed by atoms with Crippen LogP contribution in [0.15, 0.2) is 52.4 Å². The summed E-state index contributed by atoms with van der Waals surface area (Å²) < 4.78 is 12.4. The summed E-state index contributed by atoms with van der Waals surface area (Å²) in [4.78, 5) is 23.3. The Morgan fingerprint density at radius 1 is 1.24 bits per heavy atom. The summed E-state index contributed by atoms with van der Waals surface area (Å²) in [6.07, 6.45) is 4.29. The SMILES string of the molecule is CC(C)(C)OC(=O)N1CCC(Cc2csc(Nc3ncc(Br)cc3Oc3ccccc3)n2)CC1. The summed E-state index contributed by atoms with van der Waals surface area (Å²) in [5, 5.41) is 6.16. The molecule has 0 radical (unpaired) electrons. The van der Waals surface area contributed by atoms with Crippen LogP contribution in [0.2, 0.25) is 0 Å². The molecule has 0 aliphatic carbocycles. The smallest absolute Gasteiger partial charge is 0.410 e. The molecule has 0 spiro atoms. The normalized spacial score (nSPS) is 14.6. The van der Waals surface area contributed by atoms with Gasteiger partial charge in [0.2, 0.25) is 0 Å². The lowest BCUT2D eigenvalue weighted by atomic mass is 9.93. The van der Waals surface area contributed by atoms with Gasteiger partial charge in [0.15, 0.2) is 16.7 Å². The van der Waals surface area contributed by atoms with Crippen LogP contribution >= 0.6 is 27.3 Å². The molecule has 1 aromatic carbocycles. The first-order valence-corrected chi connectivity index (χ1v) is 13.0. The second-order valence-corrected chi connectivity index (χ2v) is 11.1. The molecular weight excluding hydrogens is 516 g/mol. The van der Waals surface area contributed by atoms with Crippen molar-refractivity contribution in [1.29, 1.82) is 0 Å². The molecule has 1 aliphatic heterocycles. The van der Waals surface area contributed by atoms with Crippen LogP contribution in [-0.4, -0.2) is 39.7 Å². The average molecular weight is 546 g/mol. The summed E-state index contributed by atoms with van der Waals surface area (Å²) in [7, 11) is 0. The predicted octanol–water partition coefficient (Wildman–Crippen LogP) is 7.03. The highest BCUT2D eigenvalue weighted by Crippen LogP contribution is 2.33. The van der Waals surface area contributed by atoms with Crippen LogP contribution in [-0.2, 0) is 11.2 Å². The van der Waals surface area contributed by atoms with Crippen LogP contribution in [0.4, 0.5) is 15.7 Å². The molecule has 2 aromatic heterocycles. The van der Waals surface area contributed by atoms with Gasteiger partial charge >= 0.3 is 6.09 Å². The fourth-order valence-electron chi connectivity index (χ4n) is 3.71. The van der Waals surface area contributed by atoms with Gasteiger partial charge in [0, 0.05) is 35.2 Å². The molecule has 4 rings (SSSR count). The number of anilines is 2. The number of amides is 1. The molecule has 180 valence electrons. The number of hydrogen-bond donors (Lipinski definition) is 1. The molecular formula is C25H29BrN4O3S. The van der Waals surface area contributed by atoms with Crippen molar-refractivity contribution in [1.82, 2.24) is 14.9 Å². The molecule has 34 heavy (non-hydrogen) atoms. The third-order valence-corrected chi connectivity index (χ3v) is 6.57. The summed E-state index contributed by atoms with van der Waals surface area (Å²) >= 11 is 5.02. The second-order valence-electron chi connectivity index (χ2n) is 9.30. The number of pyridine rings is 1. The van der Waals surface area contributed by atoms with Crippen molar-refractivity contribution in [3.8, 4) is 11.5 Å². The molecule has 3 aromatic rings. The molecule has 0 atom stereocenters. The summed E-state index contributed by atoms with van der Waals surface area (Å²) in [5.74, 6) is 2.46. The minimum absolute atomic E-state index is 0.221. The number of benzene rings is 1. The number of para-hydroxylation sites is 1. The highest BCUT2D eigenvalue weighted by atomic mass is 79.9. The molecule has 0 saturated carbocycles. The fourth-order valence-corrected chi connectivity index (χ4v) is 4.74. The number of ether oxygens (including phenoxy) is 2. The van der Waals surface area contributed by atoms with E-state index in [2.05, 4.69) is 31.6 Å². The Bertz CT molecular complexity index is 1110. The van der Waals surface area contributed by atoms with Crippen molar-refractivity contribution in [2.24, 2.45) is 5.92 Å². The van der Waals surface area contributed by atoms with E-state index >= 15 is 0 Å². The van der Waals surface area contributed by atoms with E-state index in [0.717, 1.165) is 53.4 Å². The molecule has 1 aliphatic rings. The van der Waals surface area contributed by atoms with Gasteiger partial charge in [0.05, 0.1) is 5.69 Å². The first-order valence-electron chi connectivity index (χ1n) is 11.3. The van der Waals surface area contributed by atoms with Crippen LogP contribution in [0, 0.1) is 5.92 Å². The standard InChI is InChI=1S/C25H29BrN4O3S/c1-25(2,3)33-24(31)30-11-9-17(10-12-30)13-19-16-34-23(28-19)29-22-21(14-18(26)15-27-22)32-20-7-5-4-6-8-20/h4-8,14-17H,9-13H2,1-3H3,(H,27,28,29). The quantitative estimate of drug-likeness (QED) is 0.359. The number of nitrogens with zero attached hydrogens (tertiary/aromatic N) is 3. The minimum atomic E-state index is -0.465. The van der Waals surface area contributed by atoms with E-state index in [4.69, 9.17) is 14.5 Å². The van der Waals surface area contributed by atoms with Crippen LogP contribution in [0.3, 0.4) is 0 Å². The molecule has 7 nitrogen and oxygen atoms in total. The molecule has 1 saturated heterocycles. The number of likely N-dealkylation sites (tertiary alicyclic amines) is 1. The Hall–Kier alpha value is -2.65. The van der Waals surface area contributed by atoms with Crippen molar-refractivity contribution in [2.75, 3.05) is 18.4 Å². The number of thiazole rings is 1.